The topological polar surface area (TPSA) is 55.6 Å². The van der Waals surface area contributed by atoms with E-state index in [-0.39, 0.29) is 0 Å². The fourth-order valence-corrected chi connectivity index (χ4v) is 2.48. The van der Waals surface area contributed by atoms with Crippen molar-refractivity contribution < 1.29 is 0 Å². The molecule has 3 aromatic rings. The van der Waals surface area contributed by atoms with Crippen molar-refractivity contribution in [2.45, 2.75) is 33.2 Å². The van der Waals surface area contributed by atoms with E-state index in [2.05, 4.69) is 34.2 Å². The molecule has 0 aliphatic rings. The molecule has 22 heavy (non-hydrogen) atoms. The molecule has 1 unspecified atom stereocenters. The summed E-state index contributed by atoms with van der Waals surface area (Å²) in [6, 6.07) is 7.93. The van der Waals surface area contributed by atoms with Crippen LogP contribution in [0.5, 0.6) is 0 Å². The molecule has 0 saturated carbocycles. The number of aryl methyl sites for hydroxylation is 1. The average Bonchev–Trinajstić information content (AvgIpc) is 2.91. The minimum absolute atomic E-state index is 0.334. The summed E-state index contributed by atoms with van der Waals surface area (Å²) in [6.07, 6.45) is 2.80. The summed E-state index contributed by atoms with van der Waals surface area (Å²) in [5, 5.41) is 9.40. The third-order valence-corrected chi connectivity index (χ3v) is 3.94. The van der Waals surface area contributed by atoms with Gasteiger partial charge in [0.2, 0.25) is 0 Å². The van der Waals surface area contributed by atoms with E-state index in [1.807, 2.05) is 31.2 Å². The van der Waals surface area contributed by atoms with E-state index >= 15 is 0 Å². The summed E-state index contributed by atoms with van der Waals surface area (Å²) in [5.74, 6) is 1.52. The third kappa shape index (κ3) is 2.64. The Bertz CT molecular complexity index is 811. The molecule has 1 aromatic carbocycles. The lowest BCUT2D eigenvalue weighted by atomic mass is 10.2. The second kappa shape index (κ2) is 5.93. The van der Waals surface area contributed by atoms with Crippen LogP contribution in [0, 0.1) is 6.92 Å². The van der Waals surface area contributed by atoms with Gasteiger partial charge >= 0.3 is 0 Å². The second-order valence-corrected chi connectivity index (χ2v) is 5.73. The number of aromatic nitrogens is 4. The van der Waals surface area contributed by atoms with Crippen LogP contribution in [-0.2, 0) is 0 Å². The Labute approximate surface area is 134 Å². The van der Waals surface area contributed by atoms with E-state index < -0.39 is 0 Å². The first-order chi connectivity index (χ1) is 10.6. The summed E-state index contributed by atoms with van der Waals surface area (Å²) < 4.78 is 1.76. The number of benzene rings is 1. The van der Waals surface area contributed by atoms with E-state index in [9.17, 15) is 0 Å². The van der Waals surface area contributed by atoms with Crippen molar-refractivity contribution in [3.8, 4) is 5.69 Å². The smallest absolute Gasteiger partial charge is 0.168 e. The number of rotatable bonds is 4. The molecule has 0 saturated heterocycles. The van der Waals surface area contributed by atoms with Crippen molar-refractivity contribution in [1.82, 2.24) is 19.7 Å². The van der Waals surface area contributed by atoms with Gasteiger partial charge in [-0.2, -0.15) is 5.10 Å². The van der Waals surface area contributed by atoms with Crippen LogP contribution < -0.4 is 5.32 Å². The van der Waals surface area contributed by atoms with Crippen LogP contribution in [0.15, 0.2) is 30.5 Å². The third-order valence-electron chi connectivity index (χ3n) is 3.62. The van der Waals surface area contributed by atoms with Gasteiger partial charge < -0.3 is 5.32 Å². The molecule has 0 aliphatic heterocycles. The molecule has 5 nitrogen and oxygen atoms in total. The highest BCUT2D eigenvalue weighted by Crippen LogP contribution is 2.26. The Balaban J connectivity index is 2.17. The van der Waals surface area contributed by atoms with Crippen molar-refractivity contribution >= 4 is 28.5 Å². The number of hydrogen-bond acceptors (Lipinski definition) is 4. The van der Waals surface area contributed by atoms with Crippen LogP contribution in [-0.4, -0.2) is 25.8 Å². The predicted octanol–water partition coefficient (Wildman–Crippen LogP) is 3.99. The van der Waals surface area contributed by atoms with Crippen molar-refractivity contribution in [3.63, 3.8) is 0 Å². The van der Waals surface area contributed by atoms with Crippen molar-refractivity contribution in [2.24, 2.45) is 0 Å². The molecule has 0 spiro atoms. The minimum Gasteiger partial charge on any atom is -0.367 e. The highest BCUT2D eigenvalue weighted by molar-refractivity contribution is 6.32. The van der Waals surface area contributed by atoms with E-state index in [1.165, 1.54) is 0 Å². The lowest BCUT2D eigenvalue weighted by molar-refractivity contribution is 0.759. The summed E-state index contributed by atoms with van der Waals surface area (Å²) in [7, 11) is 0. The lowest BCUT2D eigenvalue weighted by Crippen LogP contribution is -2.15. The number of anilines is 1. The van der Waals surface area contributed by atoms with Crippen LogP contribution >= 0.6 is 11.6 Å². The SMILES string of the molecule is CCC(C)Nc1nc(C)nc2c1cnn2-c1ccccc1Cl. The fraction of sp³-hybridized carbons (Fsp3) is 0.312. The summed E-state index contributed by atoms with van der Waals surface area (Å²) >= 11 is 6.28. The van der Waals surface area contributed by atoms with Gasteiger partial charge in [-0.15, -0.1) is 0 Å². The molecular weight excluding hydrogens is 298 g/mol. The van der Waals surface area contributed by atoms with Crippen LogP contribution in [0.4, 0.5) is 5.82 Å². The Morgan fingerprint density at radius 3 is 2.77 bits per heavy atom. The quantitative estimate of drug-likeness (QED) is 0.791. The van der Waals surface area contributed by atoms with Gasteiger partial charge in [0, 0.05) is 6.04 Å². The van der Waals surface area contributed by atoms with Crippen molar-refractivity contribution in [2.75, 3.05) is 5.32 Å². The van der Waals surface area contributed by atoms with Crippen LogP contribution in [0.25, 0.3) is 16.7 Å². The highest BCUT2D eigenvalue weighted by Gasteiger charge is 2.15. The fourth-order valence-electron chi connectivity index (χ4n) is 2.26. The molecule has 1 N–H and O–H groups in total. The van der Waals surface area contributed by atoms with Gasteiger partial charge in [-0.3, -0.25) is 0 Å². The van der Waals surface area contributed by atoms with Gasteiger partial charge in [-0.05, 0) is 32.4 Å². The van der Waals surface area contributed by atoms with Crippen LogP contribution in [0.2, 0.25) is 5.02 Å². The van der Waals surface area contributed by atoms with E-state index in [4.69, 9.17) is 11.6 Å². The first kappa shape index (κ1) is 14.8. The van der Waals surface area contributed by atoms with E-state index in [1.54, 1.807) is 10.9 Å². The molecule has 2 aromatic heterocycles. The maximum atomic E-state index is 6.28. The highest BCUT2D eigenvalue weighted by atomic mass is 35.5. The largest absolute Gasteiger partial charge is 0.367 e. The summed E-state index contributed by atoms with van der Waals surface area (Å²) in [6.45, 7) is 6.14. The molecule has 6 heteroatoms. The minimum atomic E-state index is 0.334. The van der Waals surface area contributed by atoms with Gasteiger partial charge in [0.25, 0.3) is 0 Å². The predicted molar refractivity (Wildman–Crippen MR) is 89.8 cm³/mol. The molecule has 114 valence electrons. The van der Waals surface area contributed by atoms with Gasteiger partial charge in [0.05, 0.1) is 22.3 Å². The molecule has 0 fully saturated rings. The Hall–Kier alpha value is -2.14. The van der Waals surface area contributed by atoms with Crippen molar-refractivity contribution in [3.05, 3.63) is 41.3 Å². The zero-order valence-corrected chi connectivity index (χ0v) is 13.6. The van der Waals surface area contributed by atoms with Gasteiger partial charge in [-0.25, -0.2) is 14.6 Å². The zero-order valence-electron chi connectivity index (χ0n) is 12.8. The maximum Gasteiger partial charge on any atom is 0.168 e. The van der Waals surface area contributed by atoms with E-state index in [0.29, 0.717) is 16.9 Å². The number of hydrogen-bond donors (Lipinski definition) is 1. The number of nitrogens with zero attached hydrogens (tertiary/aromatic N) is 4. The molecule has 2 heterocycles. The average molecular weight is 316 g/mol. The van der Waals surface area contributed by atoms with Crippen LogP contribution in [0.3, 0.4) is 0 Å². The van der Waals surface area contributed by atoms with Gasteiger partial charge in [0.1, 0.15) is 11.6 Å². The first-order valence-corrected chi connectivity index (χ1v) is 7.71. The van der Waals surface area contributed by atoms with Gasteiger partial charge in [0.15, 0.2) is 5.65 Å². The zero-order chi connectivity index (χ0) is 15.7. The lowest BCUT2D eigenvalue weighted by Gasteiger charge is -2.13. The van der Waals surface area contributed by atoms with Crippen LogP contribution in [0.1, 0.15) is 26.1 Å². The monoisotopic (exact) mass is 315 g/mol. The second-order valence-electron chi connectivity index (χ2n) is 5.32. The Morgan fingerprint density at radius 2 is 2.05 bits per heavy atom. The number of para-hydroxylation sites is 1. The first-order valence-electron chi connectivity index (χ1n) is 7.34. The normalized spacial score (nSPS) is 12.5. The Kier molecular flexibility index (Phi) is 3.98. The molecule has 1 atom stereocenters. The molecule has 0 amide bonds. The molecular formula is C16H18ClN5. The molecule has 3 rings (SSSR count). The van der Waals surface area contributed by atoms with E-state index in [0.717, 1.165) is 29.0 Å². The number of nitrogens with one attached hydrogen (secondary N) is 1. The van der Waals surface area contributed by atoms with Crippen molar-refractivity contribution in [1.29, 1.82) is 0 Å². The summed E-state index contributed by atoms with van der Waals surface area (Å²) in [4.78, 5) is 9.05. The number of halogens is 1. The molecule has 0 radical (unpaired) electrons. The maximum absolute atomic E-state index is 6.28. The summed E-state index contributed by atoms with van der Waals surface area (Å²) in [5.41, 5.74) is 1.57. The molecule has 0 bridgehead atoms. The Morgan fingerprint density at radius 1 is 1.27 bits per heavy atom. The molecule has 0 aliphatic carbocycles. The van der Waals surface area contributed by atoms with Gasteiger partial charge in [-0.1, -0.05) is 30.7 Å². The standard InChI is InChI=1S/C16H18ClN5/c1-4-10(2)19-15-12-9-18-22(16(12)21-11(3)20-15)14-8-6-5-7-13(14)17/h5-10H,4H2,1-3H3,(H,19,20,21). The number of fused-ring (bicyclic) bond motifs is 1.